The second-order valence-corrected chi connectivity index (χ2v) is 10.5. The lowest BCUT2D eigenvalue weighted by atomic mass is 10.0. The van der Waals surface area contributed by atoms with Crippen molar-refractivity contribution in [1.82, 2.24) is 16.0 Å². The summed E-state index contributed by atoms with van der Waals surface area (Å²) in [7, 11) is 0. The van der Waals surface area contributed by atoms with E-state index in [0.717, 1.165) is 11.3 Å². The fourth-order valence-corrected chi connectivity index (χ4v) is 4.22. The van der Waals surface area contributed by atoms with E-state index >= 15 is 0 Å². The standard InChI is InChI=1S/C24H38N4O5S2/c1-15(2)20(24(32)33)28-23(31)19(14-16-8-6-5-7-9-16)27-22(30)18(11-13-35-4)26-21(29)17(25)10-12-34-3/h5-9,15,17-20H,10-14,25H2,1-4H3,(H,26,29)(H,27,30)(H,28,31)(H,32,33). The number of amides is 3. The number of benzene rings is 1. The molecule has 1 aromatic carbocycles. The molecule has 4 atom stereocenters. The normalized spacial score (nSPS) is 14.5. The van der Waals surface area contributed by atoms with Crippen molar-refractivity contribution in [2.24, 2.45) is 11.7 Å². The summed E-state index contributed by atoms with van der Waals surface area (Å²) in [6.07, 6.45) is 4.82. The van der Waals surface area contributed by atoms with Gasteiger partial charge < -0.3 is 26.8 Å². The molecule has 0 aliphatic carbocycles. The van der Waals surface area contributed by atoms with E-state index in [-0.39, 0.29) is 12.3 Å². The summed E-state index contributed by atoms with van der Waals surface area (Å²) >= 11 is 3.11. The quantitative estimate of drug-likeness (QED) is 0.216. The Labute approximate surface area is 216 Å². The molecule has 0 aliphatic rings. The average molecular weight is 527 g/mol. The summed E-state index contributed by atoms with van der Waals surface area (Å²) in [5.74, 6) is -1.70. The number of nitrogens with two attached hydrogens (primary N) is 1. The molecule has 196 valence electrons. The highest BCUT2D eigenvalue weighted by Crippen LogP contribution is 2.09. The maximum atomic E-state index is 13.2. The van der Waals surface area contributed by atoms with Gasteiger partial charge >= 0.3 is 5.97 Å². The topological polar surface area (TPSA) is 151 Å². The van der Waals surface area contributed by atoms with Crippen LogP contribution in [0, 0.1) is 5.92 Å². The van der Waals surface area contributed by atoms with E-state index in [2.05, 4.69) is 16.0 Å². The molecular formula is C24H38N4O5S2. The predicted molar refractivity (Wildman–Crippen MR) is 142 cm³/mol. The van der Waals surface area contributed by atoms with Gasteiger partial charge in [0.2, 0.25) is 17.7 Å². The van der Waals surface area contributed by atoms with Gasteiger partial charge in [-0.15, -0.1) is 0 Å². The molecule has 11 heteroatoms. The molecule has 1 aromatic rings. The molecule has 35 heavy (non-hydrogen) atoms. The van der Waals surface area contributed by atoms with Crippen LogP contribution in [0.25, 0.3) is 0 Å². The van der Waals surface area contributed by atoms with Crippen molar-refractivity contribution in [3.63, 3.8) is 0 Å². The Bertz CT molecular complexity index is 825. The van der Waals surface area contributed by atoms with Crippen molar-refractivity contribution in [2.45, 2.75) is 57.3 Å². The van der Waals surface area contributed by atoms with Gasteiger partial charge in [-0.3, -0.25) is 14.4 Å². The fraction of sp³-hybridized carbons (Fsp3) is 0.583. The fourth-order valence-electron chi connectivity index (χ4n) is 3.26. The predicted octanol–water partition coefficient (Wildman–Crippen LogP) is 1.26. The number of carbonyl (C=O) groups is 4. The van der Waals surface area contributed by atoms with E-state index in [1.807, 2.05) is 42.8 Å². The zero-order valence-electron chi connectivity index (χ0n) is 20.8. The van der Waals surface area contributed by atoms with Gasteiger partial charge in [-0.1, -0.05) is 44.2 Å². The minimum absolute atomic E-state index is 0.166. The molecule has 0 heterocycles. The minimum Gasteiger partial charge on any atom is -0.480 e. The molecule has 0 saturated heterocycles. The van der Waals surface area contributed by atoms with Crippen molar-refractivity contribution < 1.29 is 24.3 Å². The molecule has 9 nitrogen and oxygen atoms in total. The molecule has 6 N–H and O–H groups in total. The van der Waals surface area contributed by atoms with Gasteiger partial charge in [0.15, 0.2) is 0 Å². The number of aliphatic carboxylic acids is 1. The van der Waals surface area contributed by atoms with E-state index in [0.29, 0.717) is 18.6 Å². The van der Waals surface area contributed by atoms with Gasteiger partial charge in [0.25, 0.3) is 0 Å². The second kappa shape index (κ2) is 16.4. The van der Waals surface area contributed by atoms with Crippen LogP contribution in [-0.2, 0) is 25.6 Å². The lowest BCUT2D eigenvalue weighted by Crippen LogP contribution is -2.58. The molecule has 0 spiro atoms. The van der Waals surface area contributed by atoms with Crippen LogP contribution >= 0.6 is 23.5 Å². The molecule has 4 unspecified atom stereocenters. The first-order valence-corrected chi connectivity index (χ1v) is 14.3. The lowest BCUT2D eigenvalue weighted by Gasteiger charge is -2.26. The zero-order chi connectivity index (χ0) is 26.4. The molecule has 3 amide bonds. The van der Waals surface area contributed by atoms with Crippen LogP contribution in [0.5, 0.6) is 0 Å². The third-order valence-corrected chi connectivity index (χ3v) is 6.65. The second-order valence-electron chi connectivity index (χ2n) is 8.55. The lowest BCUT2D eigenvalue weighted by molar-refractivity contribution is -0.143. The largest absolute Gasteiger partial charge is 0.480 e. The number of thioether (sulfide) groups is 2. The highest BCUT2D eigenvalue weighted by atomic mass is 32.2. The first kappa shape index (κ1) is 30.8. The van der Waals surface area contributed by atoms with E-state index in [1.54, 1.807) is 25.6 Å². The zero-order valence-corrected chi connectivity index (χ0v) is 22.4. The van der Waals surface area contributed by atoms with Crippen LogP contribution < -0.4 is 21.7 Å². The van der Waals surface area contributed by atoms with Crippen molar-refractivity contribution in [2.75, 3.05) is 24.0 Å². The van der Waals surface area contributed by atoms with Crippen molar-refractivity contribution in [3.05, 3.63) is 35.9 Å². The van der Waals surface area contributed by atoms with Gasteiger partial charge in [-0.2, -0.15) is 23.5 Å². The number of nitrogens with one attached hydrogen (secondary N) is 3. The third-order valence-electron chi connectivity index (χ3n) is 5.36. The minimum atomic E-state index is -1.15. The Hall–Kier alpha value is -2.24. The van der Waals surface area contributed by atoms with Crippen molar-refractivity contribution >= 4 is 47.2 Å². The van der Waals surface area contributed by atoms with Gasteiger partial charge in [-0.25, -0.2) is 4.79 Å². The maximum absolute atomic E-state index is 13.2. The number of carboxylic acids is 1. The summed E-state index contributed by atoms with van der Waals surface area (Å²) in [4.78, 5) is 50.4. The maximum Gasteiger partial charge on any atom is 0.326 e. The molecule has 1 rings (SSSR count). The summed E-state index contributed by atoms with van der Waals surface area (Å²) in [6.45, 7) is 3.39. The van der Waals surface area contributed by atoms with Crippen molar-refractivity contribution in [3.8, 4) is 0 Å². The highest BCUT2D eigenvalue weighted by Gasteiger charge is 2.31. The SMILES string of the molecule is CSCCC(N)C(=O)NC(CCSC)C(=O)NC(Cc1ccccc1)C(=O)NC(C(=O)O)C(C)C. The van der Waals surface area contributed by atoms with Gasteiger partial charge in [0.1, 0.15) is 18.1 Å². The molecule has 0 saturated carbocycles. The summed E-state index contributed by atoms with van der Waals surface area (Å²) in [5, 5.41) is 17.5. The van der Waals surface area contributed by atoms with Crippen LogP contribution in [0.2, 0.25) is 0 Å². The van der Waals surface area contributed by atoms with E-state index in [1.165, 1.54) is 11.8 Å². The number of carbonyl (C=O) groups excluding carboxylic acids is 3. The molecular weight excluding hydrogens is 488 g/mol. The van der Waals surface area contributed by atoms with Gasteiger partial charge in [0.05, 0.1) is 6.04 Å². The average Bonchev–Trinajstić information content (AvgIpc) is 2.82. The smallest absolute Gasteiger partial charge is 0.326 e. The molecule has 0 aromatic heterocycles. The molecule has 0 aliphatic heterocycles. The third kappa shape index (κ3) is 11.4. The molecule has 0 radical (unpaired) electrons. The van der Waals surface area contributed by atoms with E-state index in [9.17, 15) is 24.3 Å². The van der Waals surface area contributed by atoms with Crippen LogP contribution in [0.15, 0.2) is 30.3 Å². The number of rotatable bonds is 16. The Balaban J connectivity index is 3.06. The first-order chi connectivity index (χ1) is 16.6. The van der Waals surface area contributed by atoms with Crippen molar-refractivity contribution in [1.29, 1.82) is 0 Å². The highest BCUT2D eigenvalue weighted by molar-refractivity contribution is 7.98. The number of hydrogen-bond acceptors (Lipinski definition) is 7. The Kier molecular flexibility index (Phi) is 14.5. The molecule has 0 bridgehead atoms. The number of carboxylic acid groups (broad SMARTS) is 1. The summed E-state index contributed by atoms with van der Waals surface area (Å²) < 4.78 is 0. The van der Waals surface area contributed by atoms with Crippen LogP contribution in [-0.4, -0.2) is 77.0 Å². The van der Waals surface area contributed by atoms with Gasteiger partial charge in [0, 0.05) is 6.42 Å². The van der Waals surface area contributed by atoms with E-state index < -0.39 is 47.9 Å². The summed E-state index contributed by atoms with van der Waals surface area (Å²) in [6, 6.07) is 5.38. The van der Waals surface area contributed by atoms with Crippen LogP contribution in [0.4, 0.5) is 0 Å². The first-order valence-electron chi connectivity index (χ1n) is 11.5. The van der Waals surface area contributed by atoms with E-state index in [4.69, 9.17) is 5.73 Å². The van der Waals surface area contributed by atoms with Crippen LogP contribution in [0.3, 0.4) is 0 Å². The van der Waals surface area contributed by atoms with Crippen LogP contribution in [0.1, 0.15) is 32.3 Å². The van der Waals surface area contributed by atoms with Gasteiger partial charge in [-0.05, 0) is 48.3 Å². The monoisotopic (exact) mass is 526 g/mol. The Morgan fingerprint density at radius 2 is 1.40 bits per heavy atom. The summed E-state index contributed by atoms with van der Waals surface area (Å²) in [5.41, 5.74) is 6.76. The Morgan fingerprint density at radius 1 is 0.857 bits per heavy atom. The molecule has 0 fully saturated rings. The Morgan fingerprint density at radius 3 is 1.94 bits per heavy atom. The number of hydrogen-bond donors (Lipinski definition) is 5.